The zero-order chi connectivity index (χ0) is 10.2. The van der Waals surface area contributed by atoms with E-state index in [1.165, 1.54) is 0 Å². The molecule has 0 aliphatic rings. The van der Waals surface area contributed by atoms with Crippen LogP contribution in [0.2, 0.25) is 0 Å². The van der Waals surface area contributed by atoms with Gasteiger partial charge in [0.25, 0.3) is 0 Å². The summed E-state index contributed by atoms with van der Waals surface area (Å²) in [7, 11) is 0. The van der Waals surface area contributed by atoms with Crippen molar-refractivity contribution < 1.29 is 4.42 Å². The molecule has 0 saturated carbocycles. The lowest BCUT2D eigenvalue weighted by molar-refractivity contribution is 0.428. The average Bonchev–Trinajstić information content (AvgIpc) is 2.63. The first-order valence-electron chi connectivity index (χ1n) is 5.38. The standard InChI is InChI=1S/C10H19N3O/c1-3-5-6-9-12-13-10(14-9)8-11-7-4-2/h11H,3-8H2,1-2H3. The minimum absolute atomic E-state index is 0.687. The number of aryl methyl sites for hydroxylation is 1. The molecule has 80 valence electrons. The molecular weight excluding hydrogens is 178 g/mol. The van der Waals surface area contributed by atoms with Gasteiger partial charge in [-0.1, -0.05) is 20.3 Å². The molecule has 14 heavy (non-hydrogen) atoms. The van der Waals surface area contributed by atoms with E-state index in [-0.39, 0.29) is 0 Å². The third-order valence-electron chi connectivity index (χ3n) is 1.96. The molecule has 0 saturated heterocycles. The SMILES string of the molecule is CCCCc1nnc(CNCCC)o1. The van der Waals surface area contributed by atoms with Crippen LogP contribution in [-0.4, -0.2) is 16.7 Å². The van der Waals surface area contributed by atoms with Crippen molar-refractivity contribution in [3.8, 4) is 0 Å². The van der Waals surface area contributed by atoms with Crippen molar-refractivity contribution in [2.75, 3.05) is 6.54 Å². The van der Waals surface area contributed by atoms with Gasteiger partial charge in [-0.25, -0.2) is 0 Å². The van der Waals surface area contributed by atoms with Crippen LogP contribution in [0.15, 0.2) is 4.42 Å². The van der Waals surface area contributed by atoms with Crippen molar-refractivity contribution in [3.05, 3.63) is 11.8 Å². The first-order valence-corrected chi connectivity index (χ1v) is 5.38. The summed E-state index contributed by atoms with van der Waals surface area (Å²) in [6.45, 7) is 5.97. The number of hydrogen-bond donors (Lipinski definition) is 1. The van der Waals surface area contributed by atoms with E-state index >= 15 is 0 Å². The third-order valence-corrected chi connectivity index (χ3v) is 1.96. The number of rotatable bonds is 7. The quantitative estimate of drug-likeness (QED) is 0.678. The fraction of sp³-hybridized carbons (Fsp3) is 0.800. The van der Waals surface area contributed by atoms with Crippen LogP contribution in [0.4, 0.5) is 0 Å². The molecule has 0 spiro atoms. The molecule has 0 unspecified atom stereocenters. The summed E-state index contributed by atoms with van der Waals surface area (Å²) in [6, 6.07) is 0. The maximum atomic E-state index is 5.45. The van der Waals surface area contributed by atoms with Crippen LogP contribution >= 0.6 is 0 Å². The summed E-state index contributed by atoms with van der Waals surface area (Å²) < 4.78 is 5.45. The van der Waals surface area contributed by atoms with Gasteiger partial charge in [0.2, 0.25) is 11.8 Å². The van der Waals surface area contributed by atoms with E-state index in [2.05, 4.69) is 29.4 Å². The van der Waals surface area contributed by atoms with Crippen LogP contribution < -0.4 is 5.32 Å². The smallest absolute Gasteiger partial charge is 0.230 e. The molecule has 0 bridgehead atoms. The van der Waals surface area contributed by atoms with Crippen molar-refractivity contribution in [3.63, 3.8) is 0 Å². The first-order chi connectivity index (χ1) is 6.86. The largest absolute Gasteiger partial charge is 0.424 e. The van der Waals surface area contributed by atoms with Gasteiger partial charge in [0, 0.05) is 6.42 Å². The van der Waals surface area contributed by atoms with Gasteiger partial charge in [-0.2, -0.15) is 0 Å². The van der Waals surface area contributed by atoms with Gasteiger partial charge in [0.05, 0.1) is 6.54 Å². The predicted molar refractivity (Wildman–Crippen MR) is 54.9 cm³/mol. The maximum absolute atomic E-state index is 5.45. The van der Waals surface area contributed by atoms with Crippen LogP contribution in [0.3, 0.4) is 0 Å². The Morgan fingerprint density at radius 2 is 1.93 bits per heavy atom. The Morgan fingerprint density at radius 1 is 1.14 bits per heavy atom. The Bertz CT molecular complexity index is 247. The lowest BCUT2D eigenvalue weighted by atomic mass is 10.2. The van der Waals surface area contributed by atoms with E-state index in [0.717, 1.165) is 38.1 Å². The van der Waals surface area contributed by atoms with Gasteiger partial charge >= 0.3 is 0 Å². The summed E-state index contributed by atoms with van der Waals surface area (Å²) >= 11 is 0. The number of nitrogens with one attached hydrogen (secondary N) is 1. The summed E-state index contributed by atoms with van der Waals surface area (Å²) in [5.41, 5.74) is 0. The zero-order valence-electron chi connectivity index (χ0n) is 9.05. The molecular formula is C10H19N3O. The number of hydrogen-bond acceptors (Lipinski definition) is 4. The summed E-state index contributed by atoms with van der Waals surface area (Å²) in [5, 5.41) is 11.2. The molecule has 0 atom stereocenters. The van der Waals surface area contributed by atoms with Crippen LogP contribution in [0, 0.1) is 0 Å². The lowest BCUT2D eigenvalue weighted by Crippen LogP contribution is -2.13. The van der Waals surface area contributed by atoms with E-state index in [1.807, 2.05) is 0 Å². The van der Waals surface area contributed by atoms with Gasteiger partial charge < -0.3 is 9.73 Å². The van der Waals surface area contributed by atoms with E-state index in [0.29, 0.717) is 12.4 Å². The van der Waals surface area contributed by atoms with Crippen molar-refractivity contribution >= 4 is 0 Å². The maximum Gasteiger partial charge on any atom is 0.230 e. The molecule has 0 radical (unpaired) electrons. The number of unbranched alkanes of at least 4 members (excludes halogenated alkanes) is 1. The van der Waals surface area contributed by atoms with Crippen molar-refractivity contribution in [2.24, 2.45) is 0 Å². The molecule has 4 nitrogen and oxygen atoms in total. The minimum Gasteiger partial charge on any atom is -0.424 e. The van der Waals surface area contributed by atoms with Crippen molar-refractivity contribution in [1.29, 1.82) is 0 Å². The second-order valence-electron chi connectivity index (χ2n) is 3.37. The Morgan fingerprint density at radius 3 is 2.64 bits per heavy atom. The highest BCUT2D eigenvalue weighted by Gasteiger charge is 2.03. The van der Waals surface area contributed by atoms with E-state index in [1.54, 1.807) is 0 Å². The van der Waals surface area contributed by atoms with Gasteiger partial charge in [-0.05, 0) is 19.4 Å². The molecule has 1 heterocycles. The number of nitrogens with zero attached hydrogens (tertiary/aromatic N) is 2. The van der Waals surface area contributed by atoms with Crippen LogP contribution in [0.5, 0.6) is 0 Å². The molecule has 0 aliphatic carbocycles. The fourth-order valence-corrected chi connectivity index (χ4v) is 1.16. The molecule has 1 N–H and O–H groups in total. The molecule has 4 heteroatoms. The highest BCUT2D eigenvalue weighted by Crippen LogP contribution is 2.03. The summed E-state index contributed by atoms with van der Waals surface area (Å²) in [4.78, 5) is 0. The molecule has 0 aromatic carbocycles. The minimum atomic E-state index is 0.687. The zero-order valence-corrected chi connectivity index (χ0v) is 9.05. The highest BCUT2D eigenvalue weighted by atomic mass is 16.4. The van der Waals surface area contributed by atoms with Crippen LogP contribution in [0.25, 0.3) is 0 Å². The topological polar surface area (TPSA) is 51.0 Å². The van der Waals surface area contributed by atoms with Gasteiger partial charge in [0.15, 0.2) is 0 Å². The monoisotopic (exact) mass is 197 g/mol. The second-order valence-corrected chi connectivity index (χ2v) is 3.37. The Kier molecular flexibility index (Phi) is 5.22. The van der Waals surface area contributed by atoms with Crippen molar-refractivity contribution in [1.82, 2.24) is 15.5 Å². The molecule has 1 aromatic rings. The van der Waals surface area contributed by atoms with Crippen molar-refractivity contribution in [2.45, 2.75) is 46.1 Å². The van der Waals surface area contributed by atoms with E-state index < -0.39 is 0 Å². The first kappa shape index (κ1) is 11.2. The average molecular weight is 197 g/mol. The molecule has 1 aromatic heterocycles. The molecule has 0 amide bonds. The summed E-state index contributed by atoms with van der Waals surface area (Å²) in [6.07, 6.45) is 4.30. The molecule has 0 aliphatic heterocycles. The van der Waals surface area contributed by atoms with Crippen LogP contribution in [0.1, 0.15) is 44.9 Å². The van der Waals surface area contributed by atoms with Gasteiger partial charge in [-0.15, -0.1) is 10.2 Å². The van der Waals surface area contributed by atoms with E-state index in [9.17, 15) is 0 Å². The molecule has 0 fully saturated rings. The van der Waals surface area contributed by atoms with Crippen LogP contribution in [-0.2, 0) is 13.0 Å². The molecule has 1 rings (SSSR count). The Labute approximate surface area is 85.1 Å². The Hall–Kier alpha value is -0.900. The van der Waals surface area contributed by atoms with Gasteiger partial charge in [0.1, 0.15) is 0 Å². The number of aromatic nitrogens is 2. The summed E-state index contributed by atoms with van der Waals surface area (Å²) in [5.74, 6) is 1.46. The van der Waals surface area contributed by atoms with Gasteiger partial charge in [-0.3, -0.25) is 0 Å². The predicted octanol–water partition coefficient (Wildman–Crippen LogP) is 1.91. The highest BCUT2D eigenvalue weighted by molar-refractivity contribution is 4.81. The fourth-order valence-electron chi connectivity index (χ4n) is 1.16. The normalized spacial score (nSPS) is 10.7. The third kappa shape index (κ3) is 3.87. The lowest BCUT2D eigenvalue weighted by Gasteiger charge is -1.96. The second kappa shape index (κ2) is 6.54. The Balaban J connectivity index is 2.27. The van der Waals surface area contributed by atoms with E-state index in [4.69, 9.17) is 4.42 Å².